The Labute approximate surface area is 184 Å². The molecule has 0 saturated carbocycles. The summed E-state index contributed by atoms with van der Waals surface area (Å²) >= 11 is 7.81. The largest absolute Gasteiger partial charge is 0.548 e. The highest BCUT2D eigenvalue weighted by Crippen LogP contribution is 2.26. The fourth-order valence-corrected chi connectivity index (χ4v) is 4.12. The third-order valence-electron chi connectivity index (χ3n) is 4.56. The minimum absolute atomic E-state index is 0.0789. The van der Waals surface area contributed by atoms with Crippen LogP contribution in [0.15, 0.2) is 59.9 Å². The summed E-state index contributed by atoms with van der Waals surface area (Å²) in [7, 11) is 0. The number of benzene rings is 2. The molecule has 0 spiro atoms. The van der Waals surface area contributed by atoms with Gasteiger partial charge in [-0.25, -0.2) is 4.98 Å². The standard InChI is InChI=1S/C22H24ClN3O3S/c1-2-11-30-22-24-12-17(14-27)26(22)13-15-7-9-16(10-8-15)25-20(21(28)29)18-5-3-4-6-19(18)23/h3-10,12,20,25,27H,2,11,13-14H2,1H3,(H,28,29)/p-1. The van der Waals surface area contributed by atoms with Gasteiger partial charge in [0.05, 0.1) is 30.5 Å². The second kappa shape index (κ2) is 10.5. The van der Waals surface area contributed by atoms with Gasteiger partial charge in [0.2, 0.25) is 0 Å². The number of hydrogen-bond donors (Lipinski definition) is 2. The van der Waals surface area contributed by atoms with Crippen LogP contribution < -0.4 is 10.4 Å². The predicted octanol–water partition coefficient (Wildman–Crippen LogP) is 3.48. The van der Waals surface area contributed by atoms with Crippen molar-refractivity contribution in [3.63, 3.8) is 0 Å². The highest BCUT2D eigenvalue weighted by atomic mass is 35.5. The molecule has 3 rings (SSSR count). The Kier molecular flexibility index (Phi) is 7.79. The molecule has 0 aliphatic carbocycles. The number of rotatable bonds is 10. The fourth-order valence-electron chi connectivity index (χ4n) is 3.02. The van der Waals surface area contributed by atoms with E-state index in [1.807, 2.05) is 28.8 Å². The zero-order valence-corrected chi connectivity index (χ0v) is 18.1. The van der Waals surface area contributed by atoms with Crippen LogP contribution in [0, 0.1) is 0 Å². The molecular weight excluding hydrogens is 422 g/mol. The van der Waals surface area contributed by atoms with Crippen LogP contribution in [0.4, 0.5) is 5.69 Å². The molecule has 0 bridgehead atoms. The van der Waals surface area contributed by atoms with E-state index in [9.17, 15) is 15.0 Å². The first-order valence-corrected chi connectivity index (χ1v) is 11.0. The molecule has 0 radical (unpaired) electrons. The lowest BCUT2D eigenvalue weighted by molar-refractivity contribution is -0.307. The van der Waals surface area contributed by atoms with Crippen molar-refractivity contribution in [2.45, 2.75) is 37.7 Å². The van der Waals surface area contributed by atoms with E-state index >= 15 is 0 Å². The molecule has 1 unspecified atom stereocenters. The number of nitrogens with zero attached hydrogens (tertiary/aromatic N) is 2. The first-order chi connectivity index (χ1) is 14.5. The lowest BCUT2D eigenvalue weighted by atomic mass is 10.1. The number of carboxylic acid groups (broad SMARTS) is 1. The summed E-state index contributed by atoms with van der Waals surface area (Å²) in [6, 6.07) is 13.2. The van der Waals surface area contributed by atoms with E-state index in [1.54, 1.807) is 42.2 Å². The number of nitrogens with one attached hydrogen (secondary N) is 1. The van der Waals surface area contributed by atoms with Gasteiger partial charge in [-0.15, -0.1) is 0 Å². The molecule has 1 heterocycles. The number of carbonyl (C=O) groups excluding carboxylic acids is 1. The van der Waals surface area contributed by atoms with Crippen molar-refractivity contribution >= 4 is 35.0 Å². The average molecular weight is 445 g/mol. The molecular formula is C22H23ClN3O3S-. The number of aliphatic hydroxyl groups excluding tert-OH is 1. The van der Waals surface area contributed by atoms with Crippen LogP contribution in [0.3, 0.4) is 0 Å². The maximum absolute atomic E-state index is 11.7. The molecule has 0 amide bonds. The summed E-state index contributed by atoms with van der Waals surface area (Å²) < 4.78 is 2.00. The van der Waals surface area contributed by atoms with Crippen LogP contribution in [0.1, 0.15) is 36.2 Å². The van der Waals surface area contributed by atoms with Crippen molar-refractivity contribution in [1.29, 1.82) is 0 Å². The monoisotopic (exact) mass is 444 g/mol. The molecule has 8 heteroatoms. The summed E-state index contributed by atoms with van der Waals surface area (Å²) in [6.45, 7) is 2.60. The van der Waals surface area contributed by atoms with E-state index in [2.05, 4.69) is 17.2 Å². The number of aliphatic carboxylic acids is 1. The SMILES string of the molecule is CCCSc1ncc(CO)n1Cc1ccc(NC(C(=O)[O-])c2ccccc2Cl)cc1. The number of hydrogen-bond acceptors (Lipinski definition) is 6. The zero-order valence-electron chi connectivity index (χ0n) is 16.5. The molecule has 6 nitrogen and oxygen atoms in total. The summed E-state index contributed by atoms with van der Waals surface area (Å²) in [5.41, 5.74) is 2.86. The molecule has 0 aliphatic rings. The van der Waals surface area contributed by atoms with Gasteiger partial charge < -0.3 is 24.9 Å². The lowest BCUT2D eigenvalue weighted by Gasteiger charge is -2.22. The van der Waals surface area contributed by atoms with Crippen LogP contribution in [0.25, 0.3) is 0 Å². The van der Waals surface area contributed by atoms with Crippen molar-refractivity contribution in [1.82, 2.24) is 9.55 Å². The summed E-state index contributed by atoms with van der Waals surface area (Å²) in [5.74, 6) is -0.298. The molecule has 0 fully saturated rings. The molecule has 1 atom stereocenters. The zero-order chi connectivity index (χ0) is 21.5. The summed E-state index contributed by atoms with van der Waals surface area (Å²) in [5, 5.41) is 25.5. The second-order valence-corrected chi connectivity index (χ2v) is 8.21. The van der Waals surface area contributed by atoms with Crippen LogP contribution in [-0.2, 0) is 17.9 Å². The van der Waals surface area contributed by atoms with E-state index in [4.69, 9.17) is 11.6 Å². The molecule has 2 aromatic carbocycles. The van der Waals surface area contributed by atoms with Gasteiger partial charge in [-0.05, 0) is 35.7 Å². The maximum Gasteiger partial charge on any atom is 0.168 e. The van der Waals surface area contributed by atoms with Gasteiger partial charge >= 0.3 is 0 Å². The van der Waals surface area contributed by atoms with Gasteiger partial charge in [-0.2, -0.15) is 0 Å². The lowest BCUT2D eigenvalue weighted by Crippen LogP contribution is -2.34. The van der Waals surface area contributed by atoms with E-state index < -0.39 is 12.0 Å². The van der Waals surface area contributed by atoms with Crippen LogP contribution in [-0.4, -0.2) is 26.4 Å². The second-order valence-electron chi connectivity index (χ2n) is 6.74. The van der Waals surface area contributed by atoms with E-state index in [0.717, 1.165) is 28.6 Å². The van der Waals surface area contributed by atoms with Crippen molar-refractivity contribution in [2.75, 3.05) is 11.1 Å². The highest BCUT2D eigenvalue weighted by Gasteiger charge is 2.16. The van der Waals surface area contributed by atoms with Gasteiger partial charge in [-0.3, -0.25) is 0 Å². The Bertz CT molecular complexity index is 992. The third kappa shape index (κ3) is 5.36. The quantitative estimate of drug-likeness (QED) is 0.465. The van der Waals surface area contributed by atoms with E-state index in [-0.39, 0.29) is 6.61 Å². The normalized spacial score (nSPS) is 12.0. The first kappa shape index (κ1) is 22.2. The van der Waals surface area contributed by atoms with Crippen molar-refractivity contribution in [3.8, 4) is 0 Å². The molecule has 0 saturated heterocycles. The Hall–Kier alpha value is -2.48. The smallest absolute Gasteiger partial charge is 0.168 e. The number of imidazole rings is 1. The molecule has 0 aliphatic heterocycles. The molecule has 30 heavy (non-hydrogen) atoms. The van der Waals surface area contributed by atoms with Gasteiger partial charge in [0.25, 0.3) is 0 Å². The number of halogens is 1. The van der Waals surface area contributed by atoms with Gasteiger partial charge in [-0.1, -0.05) is 60.6 Å². The minimum atomic E-state index is -1.25. The van der Waals surface area contributed by atoms with E-state index in [1.165, 1.54) is 0 Å². The summed E-state index contributed by atoms with van der Waals surface area (Å²) in [4.78, 5) is 16.1. The average Bonchev–Trinajstić information content (AvgIpc) is 3.13. The number of aliphatic hydroxyl groups is 1. The van der Waals surface area contributed by atoms with Gasteiger partial charge in [0.15, 0.2) is 5.16 Å². The Morgan fingerprint density at radius 1 is 1.27 bits per heavy atom. The number of anilines is 1. The number of thioether (sulfide) groups is 1. The van der Waals surface area contributed by atoms with Crippen molar-refractivity contribution < 1.29 is 15.0 Å². The summed E-state index contributed by atoms with van der Waals surface area (Å²) in [6.07, 6.45) is 2.74. The first-order valence-electron chi connectivity index (χ1n) is 9.62. The number of carboxylic acids is 1. The molecule has 1 aromatic heterocycles. The fraction of sp³-hybridized carbons (Fsp3) is 0.273. The molecule has 2 N–H and O–H groups in total. The van der Waals surface area contributed by atoms with E-state index in [0.29, 0.717) is 22.8 Å². The Morgan fingerprint density at radius 2 is 2.00 bits per heavy atom. The topological polar surface area (TPSA) is 90.2 Å². The van der Waals surface area contributed by atoms with Crippen LogP contribution in [0.5, 0.6) is 0 Å². The Balaban J connectivity index is 1.76. The van der Waals surface area contributed by atoms with Crippen molar-refractivity contribution in [3.05, 3.63) is 76.6 Å². The van der Waals surface area contributed by atoms with Crippen molar-refractivity contribution in [2.24, 2.45) is 0 Å². The third-order valence-corrected chi connectivity index (χ3v) is 6.10. The highest BCUT2D eigenvalue weighted by molar-refractivity contribution is 7.99. The Morgan fingerprint density at radius 3 is 2.63 bits per heavy atom. The molecule has 158 valence electrons. The number of aromatic nitrogens is 2. The number of carbonyl (C=O) groups is 1. The molecule has 3 aromatic rings. The predicted molar refractivity (Wildman–Crippen MR) is 118 cm³/mol. The van der Waals surface area contributed by atoms with Gasteiger partial charge in [0, 0.05) is 23.0 Å². The van der Waals surface area contributed by atoms with Crippen LogP contribution >= 0.6 is 23.4 Å². The van der Waals surface area contributed by atoms with Gasteiger partial charge in [0.1, 0.15) is 0 Å². The van der Waals surface area contributed by atoms with Crippen LogP contribution in [0.2, 0.25) is 5.02 Å². The minimum Gasteiger partial charge on any atom is -0.548 e. The maximum atomic E-state index is 11.7.